The number of hydrogen-bond acceptors (Lipinski definition) is 5. The highest BCUT2D eigenvalue weighted by molar-refractivity contribution is 6.35. The molecule has 1 aliphatic rings. The molecular weight excluding hydrogens is 462 g/mol. The molecule has 9 heteroatoms. The molecule has 6 rings (SSSR count). The average Bonchev–Trinajstić information content (AvgIpc) is 3.61. The standard InChI is InChI=1S/C26H18ClN7O/c27-21-6-2-1-5-18(21)24-20(14-30-34-24)22-9-11-29-26(33-22)31-16-7-8-17-19(12-15-4-3-10-28-15)25(35)32-23(17)13-16/h1-14,28H,(H,30,34)(H,32,35)(H,29,31,33)/b19-12-. The molecule has 4 heterocycles. The van der Waals surface area contributed by atoms with Crippen LogP contribution in [-0.4, -0.2) is 31.1 Å². The number of aromatic nitrogens is 5. The smallest absolute Gasteiger partial charge is 0.256 e. The van der Waals surface area contributed by atoms with Gasteiger partial charge in [0, 0.05) is 45.5 Å². The average molecular weight is 480 g/mol. The number of H-pyrrole nitrogens is 2. The highest BCUT2D eigenvalue weighted by Gasteiger charge is 2.24. The van der Waals surface area contributed by atoms with Crippen molar-refractivity contribution in [1.29, 1.82) is 0 Å². The van der Waals surface area contributed by atoms with Gasteiger partial charge in [0.15, 0.2) is 0 Å². The molecule has 35 heavy (non-hydrogen) atoms. The minimum atomic E-state index is -0.142. The third-order valence-corrected chi connectivity index (χ3v) is 6.02. The van der Waals surface area contributed by atoms with Crippen LogP contribution in [-0.2, 0) is 4.79 Å². The van der Waals surface area contributed by atoms with E-state index in [-0.39, 0.29) is 5.91 Å². The zero-order valence-electron chi connectivity index (χ0n) is 18.2. The second kappa shape index (κ2) is 8.58. The summed E-state index contributed by atoms with van der Waals surface area (Å²) in [5.41, 5.74) is 6.92. The number of nitrogens with one attached hydrogen (secondary N) is 4. The Hall–Kier alpha value is -4.69. The van der Waals surface area contributed by atoms with E-state index in [0.717, 1.165) is 39.5 Å². The highest BCUT2D eigenvalue weighted by Crippen LogP contribution is 2.36. The van der Waals surface area contributed by atoms with Crippen molar-refractivity contribution in [3.8, 4) is 22.5 Å². The summed E-state index contributed by atoms with van der Waals surface area (Å²) in [6.45, 7) is 0. The number of nitrogens with zero attached hydrogens (tertiary/aromatic N) is 3. The number of rotatable bonds is 5. The summed E-state index contributed by atoms with van der Waals surface area (Å²) in [7, 11) is 0. The van der Waals surface area contributed by atoms with Crippen LogP contribution in [0.1, 0.15) is 11.3 Å². The van der Waals surface area contributed by atoms with Gasteiger partial charge in [0.25, 0.3) is 5.91 Å². The summed E-state index contributed by atoms with van der Waals surface area (Å²) in [5.74, 6) is 0.275. The molecule has 5 aromatic rings. The molecule has 0 saturated carbocycles. The molecule has 0 radical (unpaired) electrons. The summed E-state index contributed by atoms with van der Waals surface area (Å²) in [4.78, 5) is 24.6. The molecule has 0 unspecified atom stereocenters. The van der Waals surface area contributed by atoms with Crippen molar-refractivity contribution in [3.05, 3.63) is 95.5 Å². The van der Waals surface area contributed by atoms with Crippen LogP contribution in [0.15, 0.2) is 79.3 Å². The number of carbonyl (C=O) groups is 1. The van der Waals surface area contributed by atoms with Gasteiger partial charge in [-0.25, -0.2) is 9.97 Å². The molecule has 1 aliphatic heterocycles. The predicted octanol–water partition coefficient (Wildman–Crippen LogP) is 5.75. The lowest BCUT2D eigenvalue weighted by atomic mass is 10.1. The fourth-order valence-electron chi connectivity index (χ4n) is 4.05. The summed E-state index contributed by atoms with van der Waals surface area (Å²) < 4.78 is 0. The van der Waals surface area contributed by atoms with Crippen LogP contribution in [0.4, 0.5) is 17.3 Å². The van der Waals surface area contributed by atoms with Crippen LogP contribution >= 0.6 is 11.6 Å². The van der Waals surface area contributed by atoms with Crippen molar-refractivity contribution < 1.29 is 4.79 Å². The van der Waals surface area contributed by atoms with Gasteiger partial charge in [-0.15, -0.1) is 0 Å². The van der Waals surface area contributed by atoms with Gasteiger partial charge in [-0.1, -0.05) is 35.9 Å². The second-order valence-corrected chi connectivity index (χ2v) is 8.33. The lowest BCUT2D eigenvalue weighted by Gasteiger charge is -2.09. The first-order valence-corrected chi connectivity index (χ1v) is 11.2. The number of amides is 1. The molecule has 0 fully saturated rings. The first-order valence-electron chi connectivity index (χ1n) is 10.9. The first kappa shape index (κ1) is 20.9. The monoisotopic (exact) mass is 479 g/mol. The van der Waals surface area contributed by atoms with Crippen molar-refractivity contribution in [1.82, 2.24) is 25.1 Å². The summed E-state index contributed by atoms with van der Waals surface area (Å²) >= 11 is 6.39. The van der Waals surface area contributed by atoms with E-state index < -0.39 is 0 Å². The number of fused-ring (bicyclic) bond motifs is 1. The molecule has 0 bridgehead atoms. The number of carbonyl (C=O) groups excluding carboxylic acids is 1. The van der Waals surface area contributed by atoms with Gasteiger partial charge >= 0.3 is 0 Å². The quantitative estimate of drug-likeness (QED) is 0.240. The Morgan fingerprint density at radius 2 is 1.89 bits per heavy atom. The maximum Gasteiger partial charge on any atom is 0.256 e. The van der Waals surface area contributed by atoms with Crippen LogP contribution < -0.4 is 10.6 Å². The number of hydrogen-bond donors (Lipinski definition) is 4. The summed E-state index contributed by atoms with van der Waals surface area (Å²) in [5, 5.41) is 14.0. The summed E-state index contributed by atoms with van der Waals surface area (Å²) in [6, 6.07) is 18.8. The molecule has 0 saturated heterocycles. The Bertz CT molecular complexity index is 1590. The van der Waals surface area contributed by atoms with Crippen molar-refractivity contribution in [2.45, 2.75) is 0 Å². The molecule has 3 aromatic heterocycles. The summed E-state index contributed by atoms with van der Waals surface area (Å²) in [6.07, 6.45) is 7.05. The molecule has 0 aliphatic carbocycles. The number of anilines is 3. The van der Waals surface area contributed by atoms with Crippen LogP contribution in [0, 0.1) is 0 Å². The van der Waals surface area contributed by atoms with Gasteiger partial charge in [-0.3, -0.25) is 9.89 Å². The Balaban J connectivity index is 1.29. The van der Waals surface area contributed by atoms with Crippen LogP contribution in [0.3, 0.4) is 0 Å². The van der Waals surface area contributed by atoms with Crippen molar-refractivity contribution in [2.75, 3.05) is 10.6 Å². The molecule has 2 aromatic carbocycles. The largest absolute Gasteiger partial charge is 0.362 e. The SMILES string of the molecule is O=C1Nc2cc(Nc3nccc(-c4cn[nH]c4-c4ccccc4Cl)n3)ccc2/C1=C/c1ccc[nH]1. The van der Waals surface area contributed by atoms with E-state index in [1.807, 2.05) is 72.9 Å². The van der Waals surface area contributed by atoms with Crippen molar-refractivity contribution >= 4 is 46.5 Å². The van der Waals surface area contributed by atoms with E-state index >= 15 is 0 Å². The Labute approximate surface area is 205 Å². The minimum Gasteiger partial charge on any atom is -0.362 e. The van der Waals surface area contributed by atoms with E-state index in [1.54, 1.807) is 12.4 Å². The number of aromatic amines is 2. The third kappa shape index (κ3) is 3.96. The predicted molar refractivity (Wildman–Crippen MR) is 137 cm³/mol. The Kier molecular flexibility index (Phi) is 5.12. The normalized spacial score (nSPS) is 13.6. The van der Waals surface area contributed by atoms with Gasteiger partial charge in [0.2, 0.25) is 5.95 Å². The van der Waals surface area contributed by atoms with Crippen molar-refractivity contribution in [2.24, 2.45) is 0 Å². The van der Waals surface area contributed by atoms with Gasteiger partial charge in [-0.2, -0.15) is 5.10 Å². The number of benzene rings is 2. The zero-order chi connectivity index (χ0) is 23.8. The molecular formula is C26H18ClN7O. The molecule has 170 valence electrons. The van der Waals surface area contributed by atoms with E-state index in [2.05, 4.69) is 35.8 Å². The zero-order valence-corrected chi connectivity index (χ0v) is 19.0. The van der Waals surface area contributed by atoms with Crippen LogP contribution in [0.5, 0.6) is 0 Å². The van der Waals surface area contributed by atoms with Gasteiger partial charge < -0.3 is 15.6 Å². The topological polar surface area (TPSA) is 111 Å². The van der Waals surface area contributed by atoms with E-state index in [1.165, 1.54) is 0 Å². The molecule has 0 atom stereocenters. The molecule has 8 nitrogen and oxygen atoms in total. The van der Waals surface area contributed by atoms with Gasteiger partial charge in [0.1, 0.15) is 0 Å². The molecule has 1 amide bonds. The van der Waals surface area contributed by atoms with E-state index in [4.69, 9.17) is 11.6 Å². The fraction of sp³-hybridized carbons (Fsp3) is 0. The fourth-order valence-corrected chi connectivity index (χ4v) is 4.28. The van der Waals surface area contributed by atoms with Gasteiger partial charge in [-0.05, 0) is 42.5 Å². The van der Waals surface area contributed by atoms with Crippen LogP contribution in [0.2, 0.25) is 5.02 Å². The first-order chi connectivity index (χ1) is 17.2. The van der Waals surface area contributed by atoms with Crippen molar-refractivity contribution in [3.63, 3.8) is 0 Å². The highest BCUT2D eigenvalue weighted by atomic mass is 35.5. The van der Waals surface area contributed by atoms with E-state index in [0.29, 0.717) is 22.2 Å². The lowest BCUT2D eigenvalue weighted by Crippen LogP contribution is -2.03. The Morgan fingerprint density at radius 3 is 2.74 bits per heavy atom. The number of halogens is 1. The second-order valence-electron chi connectivity index (χ2n) is 7.93. The maximum atomic E-state index is 12.5. The van der Waals surface area contributed by atoms with E-state index in [9.17, 15) is 4.79 Å². The maximum absolute atomic E-state index is 12.5. The molecule has 4 N–H and O–H groups in total. The third-order valence-electron chi connectivity index (χ3n) is 5.69. The Morgan fingerprint density at radius 1 is 0.971 bits per heavy atom. The molecule has 0 spiro atoms. The lowest BCUT2D eigenvalue weighted by molar-refractivity contribution is -0.110. The van der Waals surface area contributed by atoms with Crippen LogP contribution in [0.25, 0.3) is 34.2 Å². The van der Waals surface area contributed by atoms with Gasteiger partial charge in [0.05, 0.1) is 28.8 Å². The minimum absolute atomic E-state index is 0.142.